The number of amides is 1. The van der Waals surface area contributed by atoms with E-state index >= 15 is 0 Å². The van der Waals surface area contributed by atoms with Crippen molar-refractivity contribution in [3.8, 4) is 0 Å². The Bertz CT molecular complexity index is 316. The van der Waals surface area contributed by atoms with Gasteiger partial charge in [0.1, 0.15) is 0 Å². The van der Waals surface area contributed by atoms with E-state index in [9.17, 15) is 4.79 Å². The van der Waals surface area contributed by atoms with E-state index in [0.29, 0.717) is 36.6 Å². The average Bonchev–Trinajstić information content (AvgIpc) is 2.39. The largest absolute Gasteiger partial charge is 0.336 e. The Morgan fingerprint density at radius 2 is 1.65 bits per heavy atom. The molecule has 1 amide bonds. The second kappa shape index (κ2) is 6.90. The average molecular weight is 281 g/mol. The van der Waals surface area contributed by atoms with Gasteiger partial charge in [0, 0.05) is 24.2 Å². The summed E-state index contributed by atoms with van der Waals surface area (Å²) in [5.41, 5.74) is 5.96. The summed E-state index contributed by atoms with van der Waals surface area (Å²) in [6.45, 7) is 4.94. The molecule has 2 atom stereocenters. The molecule has 2 aliphatic rings. The molecule has 4 nitrogen and oxygen atoms in total. The maximum atomic E-state index is 12.6. The van der Waals surface area contributed by atoms with Gasteiger partial charge >= 0.3 is 0 Å². The van der Waals surface area contributed by atoms with Crippen molar-refractivity contribution >= 4 is 5.91 Å². The third-order valence-corrected chi connectivity index (χ3v) is 5.23. The molecule has 1 aliphatic carbocycles. The normalized spacial score (nSPS) is 35.4. The van der Waals surface area contributed by atoms with Crippen LogP contribution in [0.3, 0.4) is 0 Å². The summed E-state index contributed by atoms with van der Waals surface area (Å²) in [5.74, 6) is 0.307. The number of hydrogen-bond acceptors (Lipinski definition) is 3. The van der Waals surface area contributed by atoms with E-state index in [1.54, 1.807) is 0 Å². The first-order valence-corrected chi connectivity index (χ1v) is 8.26. The van der Waals surface area contributed by atoms with Gasteiger partial charge in [0.2, 0.25) is 5.91 Å². The van der Waals surface area contributed by atoms with Crippen molar-refractivity contribution in [3.05, 3.63) is 0 Å². The van der Waals surface area contributed by atoms with Gasteiger partial charge in [-0.25, -0.2) is 0 Å². The molecule has 1 aliphatic heterocycles. The van der Waals surface area contributed by atoms with Gasteiger partial charge in [-0.1, -0.05) is 0 Å². The van der Waals surface area contributed by atoms with Gasteiger partial charge in [0.05, 0.1) is 6.54 Å². The van der Waals surface area contributed by atoms with E-state index in [1.807, 2.05) is 0 Å². The highest BCUT2D eigenvalue weighted by Gasteiger charge is 2.31. The van der Waals surface area contributed by atoms with Crippen LogP contribution >= 0.6 is 0 Å². The van der Waals surface area contributed by atoms with Crippen LogP contribution in [0.25, 0.3) is 0 Å². The summed E-state index contributed by atoms with van der Waals surface area (Å²) in [6, 6.07) is 1.71. The Balaban J connectivity index is 1.86. The zero-order valence-corrected chi connectivity index (χ0v) is 13.3. The van der Waals surface area contributed by atoms with Gasteiger partial charge in [0.15, 0.2) is 0 Å². The summed E-state index contributed by atoms with van der Waals surface area (Å²) >= 11 is 0. The molecule has 2 N–H and O–H groups in total. The van der Waals surface area contributed by atoms with Crippen molar-refractivity contribution in [1.29, 1.82) is 0 Å². The van der Waals surface area contributed by atoms with E-state index < -0.39 is 0 Å². The van der Waals surface area contributed by atoms with Crippen LogP contribution in [0.4, 0.5) is 0 Å². The Morgan fingerprint density at radius 1 is 1.10 bits per heavy atom. The highest BCUT2D eigenvalue weighted by molar-refractivity contribution is 5.79. The number of likely N-dealkylation sites (N-methyl/N-ethyl adjacent to an activating group) is 1. The van der Waals surface area contributed by atoms with E-state index in [4.69, 9.17) is 5.73 Å². The lowest BCUT2D eigenvalue weighted by Gasteiger charge is -2.41. The monoisotopic (exact) mass is 281 g/mol. The van der Waals surface area contributed by atoms with Crippen molar-refractivity contribution in [2.75, 3.05) is 13.6 Å². The summed E-state index contributed by atoms with van der Waals surface area (Å²) in [6.07, 6.45) is 8.02. The minimum absolute atomic E-state index is 0.307. The number of nitrogens with zero attached hydrogens (tertiary/aromatic N) is 2. The van der Waals surface area contributed by atoms with Gasteiger partial charge in [-0.15, -0.1) is 0 Å². The zero-order chi connectivity index (χ0) is 14.7. The van der Waals surface area contributed by atoms with Crippen LogP contribution in [0.2, 0.25) is 0 Å². The highest BCUT2D eigenvalue weighted by Crippen LogP contribution is 2.24. The number of rotatable bonds is 3. The maximum Gasteiger partial charge on any atom is 0.237 e. The second-order valence-corrected chi connectivity index (χ2v) is 6.91. The Morgan fingerprint density at radius 3 is 2.20 bits per heavy atom. The molecule has 0 radical (unpaired) electrons. The number of carbonyl (C=O) groups excluding carboxylic acids is 1. The lowest BCUT2D eigenvalue weighted by Crippen LogP contribution is -2.52. The lowest BCUT2D eigenvalue weighted by atomic mass is 9.91. The molecule has 1 saturated heterocycles. The first kappa shape index (κ1) is 15.8. The quantitative estimate of drug-likeness (QED) is 0.860. The van der Waals surface area contributed by atoms with Crippen LogP contribution in [0.1, 0.15) is 58.8 Å². The fourth-order valence-electron chi connectivity index (χ4n) is 3.88. The fourth-order valence-corrected chi connectivity index (χ4v) is 3.88. The third kappa shape index (κ3) is 3.73. The summed E-state index contributed by atoms with van der Waals surface area (Å²) < 4.78 is 0. The topological polar surface area (TPSA) is 49.6 Å². The van der Waals surface area contributed by atoms with Gasteiger partial charge in [0.25, 0.3) is 0 Å². The number of hydrogen-bond donors (Lipinski definition) is 1. The van der Waals surface area contributed by atoms with E-state index in [1.165, 1.54) is 6.42 Å². The molecule has 2 fully saturated rings. The highest BCUT2D eigenvalue weighted by atomic mass is 16.2. The van der Waals surface area contributed by atoms with Crippen LogP contribution in [0.5, 0.6) is 0 Å². The van der Waals surface area contributed by atoms with Gasteiger partial charge in [-0.2, -0.15) is 0 Å². The standard InChI is InChI=1S/C16H31N3O/c1-12-5-4-6-13(2)19(12)16(20)11-18(3)15-9-7-14(17)8-10-15/h12-15H,4-11,17H2,1-3H3. The summed E-state index contributed by atoms with van der Waals surface area (Å²) in [5, 5.41) is 0. The van der Waals surface area contributed by atoms with Crippen LogP contribution < -0.4 is 5.73 Å². The lowest BCUT2D eigenvalue weighted by molar-refractivity contribution is -0.138. The smallest absolute Gasteiger partial charge is 0.237 e. The molecule has 0 aromatic rings. The predicted octanol–water partition coefficient (Wildman–Crippen LogP) is 1.98. The molecule has 116 valence electrons. The molecule has 0 aromatic heterocycles. The molecule has 1 heterocycles. The Labute approximate surface area is 123 Å². The number of likely N-dealkylation sites (tertiary alicyclic amines) is 1. The van der Waals surface area contributed by atoms with Crippen molar-refractivity contribution < 1.29 is 4.79 Å². The molecule has 0 aromatic carbocycles. The maximum absolute atomic E-state index is 12.6. The third-order valence-electron chi connectivity index (χ3n) is 5.23. The number of carbonyl (C=O) groups is 1. The predicted molar refractivity (Wildman–Crippen MR) is 82.5 cm³/mol. The van der Waals surface area contributed by atoms with Crippen molar-refractivity contribution in [3.63, 3.8) is 0 Å². The Hall–Kier alpha value is -0.610. The molecule has 2 unspecified atom stereocenters. The minimum atomic E-state index is 0.307. The number of piperidine rings is 1. The minimum Gasteiger partial charge on any atom is -0.336 e. The molecule has 2 rings (SSSR count). The van der Waals surface area contributed by atoms with E-state index in [-0.39, 0.29) is 0 Å². The van der Waals surface area contributed by atoms with Gasteiger partial charge in [-0.05, 0) is 65.8 Å². The molecular weight excluding hydrogens is 250 g/mol. The first-order valence-electron chi connectivity index (χ1n) is 8.26. The molecule has 20 heavy (non-hydrogen) atoms. The van der Waals surface area contributed by atoms with Crippen LogP contribution in [0.15, 0.2) is 0 Å². The van der Waals surface area contributed by atoms with E-state index in [2.05, 4.69) is 30.7 Å². The zero-order valence-electron chi connectivity index (χ0n) is 13.3. The van der Waals surface area contributed by atoms with Crippen molar-refractivity contribution in [1.82, 2.24) is 9.80 Å². The second-order valence-electron chi connectivity index (χ2n) is 6.91. The van der Waals surface area contributed by atoms with Crippen molar-refractivity contribution in [2.24, 2.45) is 5.73 Å². The van der Waals surface area contributed by atoms with Gasteiger partial charge in [-0.3, -0.25) is 9.69 Å². The van der Waals surface area contributed by atoms with Crippen LogP contribution in [0, 0.1) is 0 Å². The fraction of sp³-hybridized carbons (Fsp3) is 0.938. The van der Waals surface area contributed by atoms with Crippen LogP contribution in [-0.2, 0) is 4.79 Å². The summed E-state index contributed by atoms with van der Waals surface area (Å²) in [7, 11) is 2.10. The molecular formula is C16H31N3O. The molecule has 0 spiro atoms. The SMILES string of the molecule is CC1CCCC(C)N1C(=O)CN(C)C1CCC(N)CC1. The molecule has 4 heteroatoms. The van der Waals surface area contributed by atoms with Crippen molar-refractivity contribution in [2.45, 2.75) is 83.0 Å². The molecule has 1 saturated carbocycles. The van der Waals surface area contributed by atoms with E-state index in [0.717, 1.165) is 38.5 Å². The van der Waals surface area contributed by atoms with Crippen LogP contribution in [-0.4, -0.2) is 53.5 Å². The Kier molecular flexibility index (Phi) is 5.44. The molecule has 0 bridgehead atoms. The first-order chi connectivity index (χ1) is 9.49. The number of nitrogens with two attached hydrogens (primary N) is 1. The van der Waals surface area contributed by atoms with Gasteiger partial charge < -0.3 is 10.6 Å². The summed E-state index contributed by atoms with van der Waals surface area (Å²) in [4.78, 5) is 17.0.